The summed E-state index contributed by atoms with van der Waals surface area (Å²) >= 11 is 10.3. The molecule has 33 heavy (non-hydrogen) atoms. The van der Waals surface area contributed by atoms with Crippen LogP contribution in [0.15, 0.2) is 26.7 Å². The van der Waals surface area contributed by atoms with Gasteiger partial charge in [-0.2, -0.15) is 12.6 Å². The Balaban J connectivity index is 1.63. The number of thiol groups is 1. The lowest BCUT2D eigenvalue weighted by Gasteiger charge is -2.57. The summed E-state index contributed by atoms with van der Waals surface area (Å²) in [7, 11) is 0. The van der Waals surface area contributed by atoms with Crippen molar-refractivity contribution in [3.8, 4) is 0 Å². The number of nitrogen functional groups attached to an aromatic ring is 1. The maximum Gasteiger partial charge on any atom is 0.313 e. The molecular weight excluding hydrogens is 556 g/mol. The first-order chi connectivity index (χ1) is 15.4. The summed E-state index contributed by atoms with van der Waals surface area (Å²) in [6.45, 7) is 3.00. The number of pyridine rings is 1. The second-order valence-electron chi connectivity index (χ2n) is 8.21. The fraction of sp³-hybridized carbons (Fsp3) is 0.500. The zero-order valence-corrected chi connectivity index (χ0v) is 21.6. The number of nitrogens with one attached hydrogen (secondary N) is 1. The van der Waals surface area contributed by atoms with E-state index in [9.17, 15) is 24.3 Å². The van der Waals surface area contributed by atoms with Crippen molar-refractivity contribution in [2.75, 3.05) is 23.0 Å². The molecule has 4 heterocycles. The largest absolute Gasteiger partial charge is 0.481 e. The van der Waals surface area contributed by atoms with Gasteiger partial charge in [0.05, 0.1) is 27.2 Å². The second kappa shape index (κ2) is 8.52. The highest BCUT2D eigenvalue weighted by Gasteiger charge is 2.63. The Morgan fingerprint density at radius 2 is 2.15 bits per heavy atom. The van der Waals surface area contributed by atoms with Crippen molar-refractivity contribution in [2.45, 2.75) is 36.2 Å². The van der Waals surface area contributed by atoms with Crippen molar-refractivity contribution in [1.82, 2.24) is 14.3 Å². The van der Waals surface area contributed by atoms with E-state index in [1.54, 1.807) is 12.5 Å². The molecule has 1 aromatic rings. The van der Waals surface area contributed by atoms with Gasteiger partial charge in [0.25, 0.3) is 5.91 Å². The van der Waals surface area contributed by atoms with E-state index >= 15 is 0 Å². The number of fused-ring (bicyclic) bond motifs is 1. The van der Waals surface area contributed by atoms with Crippen molar-refractivity contribution in [1.29, 1.82) is 0 Å². The molecule has 2 saturated heterocycles. The number of aliphatic carboxylic acids is 1. The van der Waals surface area contributed by atoms with Crippen LogP contribution >= 0.6 is 52.3 Å². The molecule has 4 N–H and O–H groups in total. The number of carbonyl (C=O) groups excluding carboxylic acids is 2. The van der Waals surface area contributed by atoms with Gasteiger partial charge >= 0.3 is 5.97 Å². The predicted octanol–water partition coefficient (Wildman–Crippen LogP) is 0.327. The van der Waals surface area contributed by atoms with E-state index < -0.39 is 51.0 Å². The summed E-state index contributed by atoms with van der Waals surface area (Å²) in [4.78, 5) is 56.0. The number of halogens is 1. The Labute approximate surface area is 211 Å². The summed E-state index contributed by atoms with van der Waals surface area (Å²) < 4.78 is 4.55. The lowest BCUT2D eigenvalue weighted by atomic mass is 9.78. The fourth-order valence-electron chi connectivity index (χ4n) is 4.23. The molecule has 0 aliphatic carbocycles. The Morgan fingerprint density at radius 3 is 2.70 bits per heavy atom. The Morgan fingerprint density at radius 1 is 1.45 bits per heavy atom. The molecule has 3 aliphatic heterocycles. The van der Waals surface area contributed by atoms with Crippen molar-refractivity contribution in [3.63, 3.8) is 0 Å². The number of hydrogen-bond acceptors (Lipinski definition) is 10. The molecule has 178 valence electrons. The van der Waals surface area contributed by atoms with E-state index in [0.29, 0.717) is 0 Å². The van der Waals surface area contributed by atoms with E-state index in [0.717, 1.165) is 0 Å². The lowest BCUT2D eigenvalue weighted by Crippen LogP contribution is -2.77. The van der Waals surface area contributed by atoms with Gasteiger partial charge in [0.1, 0.15) is 16.5 Å². The minimum atomic E-state index is -1.36. The molecule has 15 heteroatoms. The molecule has 0 aromatic carbocycles. The molecule has 0 saturated carbocycles. The third kappa shape index (κ3) is 3.77. The van der Waals surface area contributed by atoms with Crippen LogP contribution in [0.1, 0.15) is 13.8 Å². The van der Waals surface area contributed by atoms with Crippen LogP contribution in [0.3, 0.4) is 0 Å². The van der Waals surface area contributed by atoms with Crippen LogP contribution in [-0.4, -0.2) is 72.6 Å². The number of amides is 2. The highest BCUT2D eigenvalue weighted by molar-refractivity contribution is 9.10. The van der Waals surface area contributed by atoms with Crippen LogP contribution in [0.2, 0.25) is 0 Å². The average molecular weight is 578 g/mol. The third-order valence-corrected chi connectivity index (χ3v) is 9.87. The molecule has 0 bridgehead atoms. The molecule has 1 aromatic heterocycles. The average Bonchev–Trinajstić information content (AvgIpc) is 3.21. The minimum Gasteiger partial charge on any atom is -0.481 e. The quantitative estimate of drug-likeness (QED) is 0.221. The number of carbonyl (C=O) groups is 3. The van der Waals surface area contributed by atoms with E-state index in [1.165, 1.54) is 57.6 Å². The highest BCUT2D eigenvalue weighted by Crippen LogP contribution is 2.49. The molecular formula is C18H21BrN6O5S3. The van der Waals surface area contributed by atoms with Crippen molar-refractivity contribution in [2.24, 2.45) is 10.4 Å². The molecule has 4 unspecified atom stereocenters. The van der Waals surface area contributed by atoms with Gasteiger partial charge in [-0.1, -0.05) is 0 Å². The maximum absolute atomic E-state index is 13.2. The fourth-order valence-corrected chi connectivity index (χ4v) is 7.64. The SMILES string of the molecule is CC(=O)N(C1C(=O)N2CC(C(=O)O)(C(S)C3(C)N=CSN3)CS[C@H]12)n1cc(N)c(=O)c(Br)c1. The number of hydrogen-bond donors (Lipinski definition) is 4. The van der Waals surface area contributed by atoms with Crippen LogP contribution in [0.25, 0.3) is 0 Å². The number of β-lactam (4-membered cyclic amide) rings is 1. The molecule has 4 rings (SSSR count). The van der Waals surface area contributed by atoms with Crippen LogP contribution in [-0.2, 0) is 14.4 Å². The van der Waals surface area contributed by atoms with Crippen LogP contribution < -0.4 is 20.9 Å². The molecule has 11 nitrogen and oxygen atoms in total. The zero-order chi connectivity index (χ0) is 24.3. The first kappa shape index (κ1) is 24.4. The van der Waals surface area contributed by atoms with E-state index in [2.05, 4.69) is 38.3 Å². The zero-order valence-electron chi connectivity index (χ0n) is 17.5. The number of carboxylic acid groups (broad SMARTS) is 1. The van der Waals surface area contributed by atoms with E-state index in [4.69, 9.17) is 5.73 Å². The lowest BCUT2D eigenvalue weighted by molar-refractivity contribution is -0.159. The second-order valence-corrected chi connectivity index (χ2v) is 11.3. The smallest absolute Gasteiger partial charge is 0.313 e. The molecule has 0 spiro atoms. The van der Waals surface area contributed by atoms with Gasteiger partial charge in [-0.15, -0.1) is 11.8 Å². The van der Waals surface area contributed by atoms with E-state index in [1.807, 2.05) is 0 Å². The van der Waals surface area contributed by atoms with Gasteiger partial charge in [0, 0.05) is 25.4 Å². The maximum atomic E-state index is 13.2. The van der Waals surface area contributed by atoms with Crippen molar-refractivity contribution in [3.05, 3.63) is 27.1 Å². The Bertz CT molecular complexity index is 1110. The molecule has 2 amide bonds. The topological polar surface area (TPSA) is 150 Å². The van der Waals surface area contributed by atoms with E-state index in [-0.39, 0.29) is 22.5 Å². The molecule has 2 fully saturated rings. The summed E-state index contributed by atoms with van der Waals surface area (Å²) in [5, 5.41) is 10.2. The summed E-state index contributed by atoms with van der Waals surface area (Å²) in [6, 6.07) is -0.875. The number of rotatable bonds is 5. The number of anilines is 1. The van der Waals surface area contributed by atoms with Gasteiger partial charge < -0.3 is 15.7 Å². The molecule has 3 aliphatic rings. The Kier molecular flexibility index (Phi) is 6.31. The summed E-state index contributed by atoms with van der Waals surface area (Å²) in [5.41, 5.74) is 4.57. The number of aliphatic imine (C=N–C) groups is 1. The van der Waals surface area contributed by atoms with Gasteiger partial charge in [0.2, 0.25) is 11.3 Å². The summed E-state index contributed by atoms with van der Waals surface area (Å²) in [6.07, 6.45) is 2.66. The minimum absolute atomic E-state index is 0.0668. The normalized spacial score (nSPS) is 31.6. The first-order valence-corrected chi connectivity index (χ1v) is 12.9. The van der Waals surface area contributed by atoms with Crippen LogP contribution in [0.5, 0.6) is 0 Å². The van der Waals surface area contributed by atoms with Crippen LogP contribution in [0, 0.1) is 5.41 Å². The molecule has 5 atom stereocenters. The number of thioether (sulfide) groups is 1. The number of nitrogens with zero attached hydrogens (tertiary/aromatic N) is 4. The number of nitrogens with two attached hydrogens (primary N) is 1. The van der Waals surface area contributed by atoms with Crippen molar-refractivity contribution >= 4 is 81.3 Å². The monoisotopic (exact) mass is 576 g/mol. The third-order valence-electron chi connectivity index (χ3n) is 6.03. The standard InChI is InChI=1S/C18H21BrN6O5S3/c1-8(26)25(23-3-9(19)12(27)10(20)4-23)11-13(28)24-5-18(16(29)30,6-32-14(11)24)15(31)17(2)21-7-33-22-17/h3-4,7,11,14-15,22,31H,5-6,20H2,1-2H3,(H,29,30)/t11?,14-,15?,17?,18?/m1/s1. The summed E-state index contributed by atoms with van der Waals surface area (Å²) in [5.74, 6) is -1.73. The first-order valence-electron chi connectivity index (χ1n) is 9.70. The van der Waals surface area contributed by atoms with Gasteiger partial charge in [-0.3, -0.25) is 28.8 Å². The van der Waals surface area contributed by atoms with Crippen molar-refractivity contribution < 1.29 is 19.5 Å². The molecule has 0 radical (unpaired) electrons. The van der Waals surface area contributed by atoms with Gasteiger partial charge in [-0.05, 0) is 34.8 Å². The predicted molar refractivity (Wildman–Crippen MR) is 134 cm³/mol. The van der Waals surface area contributed by atoms with Gasteiger partial charge in [0.15, 0.2) is 6.04 Å². The Hall–Kier alpha value is -1.68. The van der Waals surface area contributed by atoms with Crippen LogP contribution in [0.4, 0.5) is 5.69 Å². The highest BCUT2D eigenvalue weighted by atomic mass is 79.9. The number of aromatic nitrogens is 1. The number of carboxylic acids is 1. The van der Waals surface area contributed by atoms with Gasteiger partial charge in [-0.25, -0.2) is 9.73 Å².